The summed E-state index contributed by atoms with van der Waals surface area (Å²) in [6.07, 6.45) is 17.6. The molecule has 0 saturated carbocycles. The summed E-state index contributed by atoms with van der Waals surface area (Å²) in [5, 5.41) is 10.8. The van der Waals surface area contributed by atoms with Crippen LogP contribution >= 0.6 is 0 Å². The summed E-state index contributed by atoms with van der Waals surface area (Å²) in [6.45, 7) is 17.5. The largest absolute Gasteiger partial charge is 0.411 e. The van der Waals surface area contributed by atoms with Crippen molar-refractivity contribution in [1.29, 1.82) is 0 Å². The summed E-state index contributed by atoms with van der Waals surface area (Å²) < 4.78 is 6.60. The van der Waals surface area contributed by atoms with Gasteiger partial charge in [0.1, 0.15) is 0 Å². The van der Waals surface area contributed by atoms with E-state index in [1.165, 1.54) is 64.2 Å². The zero-order chi connectivity index (χ0) is 20.8. The van der Waals surface area contributed by atoms with Gasteiger partial charge in [-0.15, -0.1) is 6.58 Å². The van der Waals surface area contributed by atoms with Crippen LogP contribution in [0.2, 0.25) is 18.1 Å². The molecule has 0 fully saturated rings. The van der Waals surface area contributed by atoms with Gasteiger partial charge in [0.25, 0.3) is 0 Å². The third-order valence-corrected chi connectivity index (χ3v) is 10.7. The lowest BCUT2D eigenvalue weighted by Gasteiger charge is -2.40. The highest BCUT2D eigenvalue weighted by Gasteiger charge is 2.40. The lowest BCUT2D eigenvalue weighted by molar-refractivity contribution is 0.0168. The Bertz CT molecular complexity index is 360. The quantitative estimate of drug-likeness (QED) is 0.153. The molecular weight excluding hydrogens is 348 g/mol. The van der Waals surface area contributed by atoms with Gasteiger partial charge in [0.15, 0.2) is 8.32 Å². The molecule has 0 aromatic carbocycles. The maximum absolute atomic E-state index is 10.7. The molecule has 3 heteroatoms. The fourth-order valence-corrected chi connectivity index (χ4v) is 4.58. The van der Waals surface area contributed by atoms with E-state index in [9.17, 15) is 5.11 Å². The average Bonchev–Trinajstić information content (AvgIpc) is 2.59. The van der Waals surface area contributed by atoms with Gasteiger partial charge in [0.2, 0.25) is 0 Å². The topological polar surface area (TPSA) is 29.5 Å². The molecule has 0 radical (unpaired) electrons. The van der Waals surface area contributed by atoms with Crippen LogP contribution in [-0.2, 0) is 4.43 Å². The minimum atomic E-state index is -1.85. The first-order valence-electron chi connectivity index (χ1n) is 11.6. The lowest BCUT2D eigenvalue weighted by atomic mass is 10.0. The third-order valence-electron chi connectivity index (χ3n) is 6.19. The average molecular weight is 399 g/mol. The van der Waals surface area contributed by atoms with Crippen molar-refractivity contribution >= 4 is 8.32 Å². The van der Waals surface area contributed by atoms with E-state index in [1.807, 2.05) is 6.08 Å². The van der Waals surface area contributed by atoms with Crippen LogP contribution in [0.15, 0.2) is 12.7 Å². The van der Waals surface area contributed by atoms with Crippen molar-refractivity contribution in [3.8, 4) is 0 Å². The Hall–Kier alpha value is -0.123. The molecule has 0 heterocycles. The number of unbranched alkanes of at least 4 members (excludes halogenated alkanes) is 9. The number of aliphatic hydroxyl groups excluding tert-OH is 1. The van der Waals surface area contributed by atoms with E-state index in [1.54, 1.807) is 0 Å². The monoisotopic (exact) mass is 398 g/mol. The van der Waals surface area contributed by atoms with Crippen LogP contribution in [0.3, 0.4) is 0 Å². The van der Waals surface area contributed by atoms with Crippen molar-refractivity contribution < 1.29 is 9.53 Å². The summed E-state index contributed by atoms with van der Waals surface area (Å²) in [6, 6.07) is 0. The number of allylic oxidation sites excluding steroid dienone is 1. The van der Waals surface area contributed by atoms with Gasteiger partial charge in [-0.2, -0.15) is 0 Å². The first-order chi connectivity index (χ1) is 12.7. The molecule has 0 aromatic heterocycles. The minimum Gasteiger partial charge on any atom is -0.411 e. The van der Waals surface area contributed by atoms with E-state index in [0.29, 0.717) is 0 Å². The maximum Gasteiger partial charge on any atom is 0.192 e. The van der Waals surface area contributed by atoms with Gasteiger partial charge in [-0.1, -0.05) is 98.0 Å². The van der Waals surface area contributed by atoms with E-state index < -0.39 is 8.32 Å². The molecule has 0 amide bonds. The van der Waals surface area contributed by atoms with Crippen LogP contribution in [0.1, 0.15) is 111 Å². The van der Waals surface area contributed by atoms with Gasteiger partial charge in [-0.3, -0.25) is 0 Å². The van der Waals surface area contributed by atoms with Gasteiger partial charge in [-0.25, -0.2) is 0 Å². The number of hydrogen-bond acceptors (Lipinski definition) is 2. The molecule has 0 spiro atoms. The van der Waals surface area contributed by atoms with Crippen molar-refractivity contribution in [2.75, 3.05) is 0 Å². The molecule has 0 aliphatic heterocycles. The van der Waals surface area contributed by atoms with Crippen LogP contribution in [0.5, 0.6) is 0 Å². The zero-order valence-corrected chi connectivity index (χ0v) is 20.5. The van der Waals surface area contributed by atoms with Crippen molar-refractivity contribution in [3.63, 3.8) is 0 Å². The Morgan fingerprint density at radius 2 is 1.37 bits per heavy atom. The summed E-state index contributed by atoms with van der Waals surface area (Å²) >= 11 is 0. The number of aliphatic hydroxyl groups is 1. The van der Waals surface area contributed by atoms with Gasteiger partial charge in [0, 0.05) is 0 Å². The summed E-state index contributed by atoms with van der Waals surface area (Å²) in [4.78, 5) is 0. The Labute approximate surface area is 172 Å². The SMILES string of the molecule is C=CCC[C@@H](O)[C@@H](CCCCCCCCCCCC)O[Si](C)(C)C(C)(C)C. The molecule has 162 valence electrons. The fraction of sp³-hybridized carbons (Fsp3) is 0.917. The van der Waals surface area contributed by atoms with Crippen molar-refractivity contribution in [2.45, 2.75) is 142 Å². The van der Waals surface area contributed by atoms with E-state index >= 15 is 0 Å². The van der Waals surface area contributed by atoms with Gasteiger partial charge < -0.3 is 9.53 Å². The van der Waals surface area contributed by atoms with Crippen LogP contribution in [0.25, 0.3) is 0 Å². The normalized spacial score (nSPS) is 14.9. The molecular formula is C24H50O2Si. The Kier molecular flexibility index (Phi) is 14.7. The molecule has 0 rings (SSSR count). The maximum atomic E-state index is 10.7. The smallest absolute Gasteiger partial charge is 0.192 e. The van der Waals surface area contributed by atoms with Crippen LogP contribution in [0, 0.1) is 0 Å². The summed E-state index contributed by atoms with van der Waals surface area (Å²) in [5.41, 5.74) is 0. The van der Waals surface area contributed by atoms with Crippen molar-refractivity contribution in [2.24, 2.45) is 0 Å². The Morgan fingerprint density at radius 3 is 1.81 bits per heavy atom. The van der Waals surface area contributed by atoms with Crippen LogP contribution in [-0.4, -0.2) is 25.6 Å². The second kappa shape index (κ2) is 14.8. The van der Waals surface area contributed by atoms with Crippen molar-refractivity contribution in [3.05, 3.63) is 12.7 Å². The molecule has 0 aliphatic rings. The molecule has 2 nitrogen and oxygen atoms in total. The molecule has 0 aliphatic carbocycles. The predicted octanol–water partition coefficient (Wildman–Crippen LogP) is 8.01. The van der Waals surface area contributed by atoms with E-state index in [2.05, 4.69) is 47.4 Å². The first-order valence-corrected chi connectivity index (χ1v) is 14.5. The Morgan fingerprint density at radius 1 is 0.889 bits per heavy atom. The molecule has 0 aromatic rings. The van der Waals surface area contributed by atoms with Gasteiger partial charge >= 0.3 is 0 Å². The minimum absolute atomic E-state index is 0.0140. The highest BCUT2D eigenvalue weighted by Crippen LogP contribution is 2.38. The zero-order valence-electron chi connectivity index (χ0n) is 19.5. The van der Waals surface area contributed by atoms with Crippen molar-refractivity contribution in [1.82, 2.24) is 0 Å². The number of hydrogen-bond donors (Lipinski definition) is 1. The van der Waals surface area contributed by atoms with E-state index in [0.717, 1.165) is 19.3 Å². The standard InChI is InChI=1S/C24H50O2Si/c1-8-10-12-13-14-15-16-17-18-19-21-23(22(25)20-11-9-2)26-27(6,7)24(3,4)5/h9,22-23,25H,2,8,10-21H2,1,3-7H3/t22-,23-/m1/s1. The highest BCUT2D eigenvalue weighted by atomic mass is 28.4. The van der Waals surface area contributed by atoms with Gasteiger partial charge in [0.05, 0.1) is 12.2 Å². The molecule has 0 saturated heterocycles. The van der Waals surface area contributed by atoms with E-state index in [-0.39, 0.29) is 17.2 Å². The number of rotatable bonds is 17. The molecule has 0 unspecified atom stereocenters. The second-order valence-corrected chi connectivity index (χ2v) is 14.6. The van der Waals surface area contributed by atoms with Crippen LogP contribution < -0.4 is 0 Å². The molecule has 27 heavy (non-hydrogen) atoms. The Balaban J connectivity index is 4.23. The van der Waals surface area contributed by atoms with Gasteiger partial charge in [-0.05, 0) is 37.4 Å². The summed E-state index contributed by atoms with van der Waals surface area (Å²) in [7, 11) is -1.85. The van der Waals surface area contributed by atoms with E-state index in [4.69, 9.17) is 4.43 Å². The second-order valence-electron chi connectivity index (χ2n) is 9.82. The fourth-order valence-electron chi connectivity index (χ4n) is 3.19. The predicted molar refractivity (Wildman–Crippen MR) is 124 cm³/mol. The molecule has 0 bridgehead atoms. The third kappa shape index (κ3) is 12.9. The highest BCUT2D eigenvalue weighted by molar-refractivity contribution is 6.74. The lowest BCUT2D eigenvalue weighted by Crippen LogP contribution is -2.47. The first kappa shape index (κ1) is 26.9. The molecule has 1 N–H and O–H groups in total. The van der Waals surface area contributed by atoms with Crippen LogP contribution in [0.4, 0.5) is 0 Å². The summed E-state index contributed by atoms with van der Waals surface area (Å²) in [5.74, 6) is 0. The molecule has 2 atom stereocenters.